The minimum absolute atomic E-state index is 0.0619. The summed E-state index contributed by atoms with van der Waals surface area (Å²) in [5.41, 5.74) is 2.98. The Morgan fingerprint density at radius 1 is 1.21 bits per heavy atom. The molecule has 1 saturated heterocycles. The van der Waals surface area contributed by atoms with E-state index in [0.717, 1.165) is 30.6 Å². The van der Waals surface area contributed by atoms with E-state index in [-0.39, 0.29) is 17.9 Å². The zero-order valence-corrected chi connectivity index (χ0v) is 17.2. The maximum Gasteiger partial charge on any atom is 0.265 e. The molecule has 1 heterocycles. The molecule has 1 aliphatic heterocycles. The Hall–Kier alpha value is -2.86. The number of amides is 2. The zero-order valence-electron chi connectivity index (χ0n) is 17.2. The summed E-state index contributed by atoms with van der Waals surface area (Å²) in [5, 5.41) is 5.70. The molecule has 0 bridgehead atoms. The molecule has 6 nitrogen and oxygen atoms in total. The van der Waals surface area contributed by atoms with Crippen LogP contribution in [0.25, 0.3) is 0 Å². The molecule has 2 amide bonds. The quantitative estimate of drug-likeness (QED) is 0.749. The fourth-order valence-electron chi connectivity index (χ4n) is 3.31. The second kappa shape index (κ2) is 9.56. The van der Waals surface area contributed by atoms with Crippen molar-refractivity contribution in [2.45, 2.75) is 45.8 Å². The summed E-state index contributed by atoms with van der Waals surface area (Å²) in [4.78, 5) is 25.2. The fraction of sp³-hybridized carbons (Fsp3) is 0.391. The monoisotopic (exact) mass is 396 g/mol. The van der Waals surface area contributed by atoms with Crippen LogP contribution in [0, 0.1) is 13.8 Å². The normalized spacial score (nSPS) is 16.9. The van der Waals surface area contributed by atoms with Crippen molar-refractivity contribution < 1.29 is 19.1 Å². The third-order valence-corrected chi connectivity index (χ3v) is 4.95. The van der Waals surface area contributed by atoms with Crippen molar-refractivity contribution in [3.63, 3.8) is 0 Å². The van der Waals surface area contributed by atoms with Crippen LogP contribution in [-0.4, -0.2) is 37.2 Å². The average Bonchev–Trinajstić information content (AvgIpc) is 3.22. The van der Waals surface area contributed by atoms with Crippen molar-refractivity contribution in [3.05, 3.63) is 59.2 Å². The Morgan fingerprint density at radius 3 is 2.72 bits per heavy atom. The van der Waals surface area contributed by atoms with Gasteiger partial charge in [0, 0.05) is 13.2 Å². The van der Waals surface area contributed by atoms with Gasteiger partial charge in [-0.15, -0.1) is 0 Å². The largest absolute Gasteiger partial charge is 0.481 e. The molecule has 0 saturated carbocycles. The van der Waals surface area contributed by atoms with Gasteiger partial charge in [0.2, 0.25) is 0 Å². The highest BCUT2D eigenvalue weighted by Gasteiger charge is 2.21. The lowest BCUT2D eigenvalue weighted by atomic mass is 10.1. The van der Waals surface area contributed by atoms with Crippen LogP contribution >= 0.6 is 0 Å². The van der Waals surface area contributed by atoms with Gasteiger partial charge in [-0.1, -0.05) is 29.8 Å². The number of nitrogens with one attached hydrogen (secondary N) is 2. The van der Waals surface area contributed by atoms with Crippen molar-refractivity contribution in [1.29, 1.82) is 0 Å². The smallest absolute Gasteiger partial charge is 0.265 e. The summed E-state index contributed by atoms with van der Waals surface area (Å²) in [6.07, 6.45) is 1.32. The van der Waals surface area contributed by atoms with E-state index >= 15 is 0 Å². The summed E-state index contributed by atoms with van der Waals surface area (Å²) < 4.78 is 11.4. The predicted molar refractivity (Wildman–Crippen MR) is 112 cm³/mol. The molecule has 0 unspecified atom stereocenters. The van der Waals surface area contributed by atoms with E-state index in [0.29, 0.717) is 23.5 Å². The molecule has 154 valence electrons. The number of aryl methyl sites for hydroxylation is 2. The number of benzene rings is 2. The van der Waals surface area contributed by atoms with E-state index < -0.39 is 6.10 Å². The molecular weight excluding hydrogens is 368 g/mol. The number of ether oxygens (including phenoxy) is 2. The number of hydrogen-bond acceptors (Lipinski definition) is 4. The van der Waals surface area contributed by atoms with Crippen LogP contribution in [0.3, 0.4) is 0 Å². The number of hydrogen-bond donors (Lipinski definition) is 2. The minimum atomic E-state index is -0.709. The average molecular weight is 396 g/mol. The van der Waals surface area contributed by atoms with Gasteiger partial charge in [0.15, 0.2) is 6.10 Å². The highest BCUT2D eigenvalue weighted by Crippen LogP contribution is 2.21. The maximum absolute atomic E-state index is 12.6. The van der Waals surface area contributed by atoms with E-state index in [2.05, 4.69) is 10.6 Å². The molecule has 1 fully saturated rings. The standard InChI is InChI=1S/C23H28N2O4/c1-15-10-11-21(16(2)13-15)29-17(3)22(26)25-20-9-5-4-8-19(20)23(27)24-14-18-7-6-12-28-18/h4-5,8-11,13,17-18H,6-7,12,14H2,1-3H3,(H,24,27)(H,25,26)/t17-,18-/m0/s1. The molecular formula is C23H28N2O4. The minimum Gasteiger partial charge on any atom is -0.481 e. The van der Waals surface area contributed by atoms with Crippen LogP contribution in [0.1, 0.15) is 41.3 Å². The molecule has 0 aromatic heterocycles. The zero-order chi connectivity index (χ0) is 20.8. The number of carbonyl (C=O) groups excluding carboxylic acids is 2. The summed E-state index contributed by atoms with van der Waals surface area (Å²) in [6, 6.07) is 12.8. The first-order valence-corrected chi connectivity index (χ1v) is 9.97. The molecule has 0 aliphatic carbocycles. The van der Waals surface area contributed by atoms with Gasteiger partial charge >= 0.3 is 0 Å². The van der Waals surface area contributed by atoms with Gasteiger partial charge in [-0.05, 0) is 57.4 Å². The van der Waals surface area contributed by atoms with Crippen molar-refractivity contribution in [2.75, 3.05) is 18.5 Å². The van der Waals surface area contributed by atoms with Crippen molar-refractivity contribution >= 4 is 17.5 Å². The number of anilines is 1. The van der Waals surface area contributed by atoms with Crippen LogP contribution in [0.2, 0.25) is 0 Å². The third-order valence-electron chi connectivity index (χ3n) is 4.95. The summed E-state index contributed by atoms with van der Waals surface area (Å²) in [6.45, 7) is 6.85. The third kappa shape index (κ3) is 5.57. The van der Waals surface area contributed by atoms with Gasteiger partial charge in [-0.3, -0.25) is 9.59 Å². The van der Waals surface area contributed by atoms with E-state index in [4.69, 9.17) is 9.47 Å². The van der Waals surface area contributed by atoms with E-state index in [9.17, 15) is 9.59 Å². The van der Waals surface area contributed by atoms with Crippen molar-refractivity contribution in [3.8, 4) is 5.75 Å². The molecule has 6 heteroatoms. The molecule has 2 N–H and O–H groups in total. The Balaban J connectivity index is 1.62. The van der Waals surface area contributed by atoms with Gasteiger partial charge in [0.25, 0.3) is 11.8 Å². The molecule has 3 rings (SSSR count). The molecule has 2 aromatic carbocycles. The first-order valence-electron chi connectivity index (χ1n) is 9.97. The number of rotatable bonds is 7. The lowest BCUT2D eigenvalue weighted by Gasteiger charge is -2.18. The van der Waals surface area contributed by atoms with E-state index in [1.54, 1.807) is 31.2 Å². The lowest BCUT2D eigenvalue weighted by molar-refractivity contribution is -0.122. The van der Waals surface area contributed by atoms with Gasteiger partial charge in [-0.25, -0.2) is 0 Å². The molecule has 2 aromatic rings. The van der Waals surface area contributed by atoms with E-state index in [1.165, 1.54) is 0 Å². The van der Waals surface area contributed by atoms with Crippen molar-refractivity contribution in [1.82, 2.24) is 5.32 Å². The number of carbonyl (C=O) groups is 2. The predicted octanol–water partition coefficient (Wildman–Crippen LogP) is 3.62. The van der Waals surface area contributed by atoms with E-state index in [1.807, 2.05) is 32.0 Å². The maximum atomic E-state index is 12.6. The van der Waals surface area contributed by atoms with Crippen LogP contribution in [0.15, 0.2) is 42.5 Å². The first kappa shape index (κ1) is 20.9. The Kier molecular flexibility index (Phi) is 6.88. The Morgan fingerprint density at radius 2 is 2.00 bits per heavy atom. The molecule has 2 atom stereocenters. The lowest BCUT2D eigenvalue weighted by Crippen LogP contribution is -2.34. The SMILES string of the molecule is Cc1ccc(O[C@@H](C)C(=O)Nc2ccccc2C(=O)NC[C@@H]2CCCO2)c(C)c1. The van der Waals surface area contributed by atoms with Gasteiger partial charge in [0.1, 0.15) is 5.75 Å². The highest BCUT2D eigenvalue weighted by molar-refractivity contribution is 6.04. The molecule has 29 heavy (non-hydrogen) atoms. The second-order valence-corrected chi connectivity index (χ2v) is 7.41. The fourth-order valence-corrected chi connectivity index (χ4v) is 3.31. The Labute approximate surface area is 171 Å². The first-order chi connectivity index (χ1) is 13.9. The molecule has 0 radical (unpaired) electrons. The highest BCUT2D eigenvalue weighted by atomic mass is 16.5. The van der Waals surface area contributed by atoms with Gasteiger partial charge in [0.05, 0.1) is 17.4 Å². The molecule has 1 aliphatic rings. The topological polar surface area (TPSA) is 76.7 Å². The summed E-state index contributed by atoms with van der Waals surface area (Å²) in [7, 11) is 0. The second-order valence-electron chi connectivity index (χ2n) is 7.41. The van der Waals surface area contributed by atoms with Crippen LogP contribution in [-0.2, 0) is 9.53 Å². The van der Waals surface area contributed by atoms with Crippen molar-refractivity contribution in [2.24, 2.45) is 0 Å². The van der Waals surface area contributed by atoms with Crippen LogP contribution in [0.5, 0.6) is 5.75 Å². The summed E-state index contributed by atoms with van der Waals surface area (Å²) in [5.74, 6) is 0.115. The van der Waals surface area contributed by atoms with Gasteiger partial charge < -0.3 is 20.1 Å². The van der Waals surface area contributed by atoms with Crippen LogP contribution < -0.4 is 15.4 Å². The summed E-state index contributed by atoms with van der Waals surface area (Å²) >= 11 is 0. The Bertz CT molecular complexity index is 875. The van der Waals surface area contributed by atoms with Crippen LogP contribution in [0.4, 0.5) is 5.69 Å². The molecule has 0 spiro atoms. The van der Waals surface area contributed by atoms with Gasteiger partial charge in [-0.2, -0.15) is 0 Å². The number of para-hydroxylation sites is 1.